The first-order chi connectivity index (χ1) is 10.9. The van der Waals surface area contributed by atoms with Crippen LogP contribution in [0.2, 0.25) is 0 Å². The second-order valence-electron chi connectivity index (χ2n) is 6.69. The SMILES string of the molecule is CS(=O)(=O)c1ccccc1C(=O)N1CCC(NCC2CC2)CC1.Cl. The third-order valence-electron chi connectivity index (χ3n) is 4.69. The minimum atomic E-state index is -3.40. The van der Waals surface area contributed by atoms with E-state index in [4.69, 9.17) is 0 Å². The summed E-state index contributed by atoms with van der Waals surface area (Å²) in [6, 6.07) is 6.96. The minimum absolute atomic E-state index is 0. The van der Waals surface area contributed by atoms with E-state index in [0.29, 0.717) is 24.7 Å². The number of hydrogen-bond acceptors (Lipinski definition) is 4. The van der Waals surface area contributed by atoms with Crippen molar-refractivity contribution in [2.45, 2.75) is 36.6 Å². The Hall–Kier alpha value is -1.11. The number of sulfone groups is 1. The molecule has 0 atom stereocenters. The quantitative estimate of drug-likeness (QED) is 0.859. The third kappa shape index (κ3) is 4.71. The molecule has 1 saturated carbocycles. The lowest BCUT2D eigenvalue weighted by molar-refractivity contribution is 0.0701. The molecule has 2 aliphatic rings. The van der Waals surface area contributed by atoms with Crippen LogP contribution in [0.3, 0.4) is 0 Å². The number of halogens is 1. The number of amides is 1. The van der Waals surface area contributed by atoms with Crippen molar-refractivity contribution < 1.29 is 13.2 Å². The van der Waals surface area contributed by atoms with E-state index in [1.807, 2.05) is 0 Å². The Bertz CT molecular complexity index is 681. The van der Waals surface area contributed by atoms with Crippen LogP contribution in [-0.2, 0) is 9.84 Å². The smallest absolute Gasteiger partial charge is 0.255 e. The van der Waals surface area contributed by atoms with Gasteiger partial charge in [0.05, 0.1) is 10.5 Å². The average molecular weight is 373 g/mol. The number of likely N-dealkylation sites (tertiary alicyclic amines) is 1. The van der Waals surface area contributed by atoms with E-state index in [9.17, 15) is 13.2 Å². The normalized spacial score (nSPS) is 19.0. The Kier molecular flexibility index (Phi) is 6.28. The number of benzene rings is 1. The van der Waals surface area contributed by atoms with Gasteiger partial charge >= 0.3 is 0 Å². The van der Waals surface area contributed by atoms with Crippen LogP contribution in [-0.4, -0.2) is 51.2 Å². The fourth-order valence-electron chi connectivity index (χ4n) is 3.08. The van der Waals surface area contributed by atoms with Gasteiger partial charge in [-0.25, -0.2) is 8.42 Å². The average Bonchev–Trinajstić information content (AvgIpc) is 3.36. The van der Waals surface area contributed by atoms with Crippen LogP contribution < -0.4 is 5.32 Å². The molecule has 0 spiro atoms. The molecule has 1 aromatic carbocycles. The molecule has 0 bridgehead atoms. The molecule has 7 heteroatoms. The van der Waals surface area contributed by atoms with Crippen molar-refractivity contribution in [3.8, 4) is 0 Å². The second-order valence-corrected chi connectivity index (χ2v) is 8.67. The van der Waals surface area contributed by atoms with Crippen molar-refractivity contribution in [2.75, 3.05) is 25.9 Å². The summed E-state index contributed by atoms with van der Waals surface area (Å²) in [7, 11) is -3.40. The van der Waals surface area contributed by atoms with Gasteiger partial charge in [-0.1, -0.05) is 12.1 Å². The standard InChI is InChI=1S/C17H24N2O3S.ClH/c1-23(21,22)16-5-3-2-4-15(16)17(20)19-10-8-14(9-11-19)18-12-13-6-7-13;/h2-5,13-14,18H,6-12H2,1H3;1H. The number of carbonyl (C=O) groups excluding carboxylic acids is 1. The molecule has 1 aliphatic carbocycles. The predicted molar refractivity (Wildman–Crippen MR) is 96.5 cm³/mol. The van der Waals surface area contributed by atoms with E-state index in [1.54, 1.807) is 23.1 Å². The summed E-state index contributed by atoms with van der Waals surface area (Å²) in [6.45, 7) is 2.45. The van der Waals surface area contributed by atoms with Gasteiger partial charge in [0.2, 0.25) is 0 Å². The van der Waals surface area contributed by atoms with Crippen molar-refractivity contribution in [1.29, 1.82) is 0 Å². The van der Waals surface area contributed by atoms with E-state index in [2.05, 4.69) is 5.32 Å². The van der Waals surface area contributed by atoms with E-state index in [0.717, 1.165) is 31.6 Å². The van der Waals surface area contributed by atoms with Gasteiger partial charge < -0.3 is 10.2 Å². The number of carbonyl (C=O) groups is 1. The predicted octanol–water partition coefficient (Wildman–Crippen LogP) is 2.12. The van der Waals surface area contributed by atoms with Crippen LogP contribution in [0, 0.1) is 5.92 Å². The molecule has 134 valence electrons. The Labute approximate surface area is 150 Å². The molecule has 3 rings (SSSR count). The van der Waals surface area contributed by atoms with Gasteiger partial charge in [0, 0.05) is 25.4 Å². The van der Waals surface area contributed by atoms with Crippen molar-refractivity contribution >= 4 is 28.2 Å². The van der Waals surface area contributed by atoms with Crippen molar-refractivity contribution in [3.63, 3.8) is 0 Å². The van der Waals surface area contributed by atoms with Crippen molar-refractivity contribution in [2.24, 2.45) is 5.92 Å². The fourth-order valence-corrected chi connectivity index (χ4v) is 3.96. The zero-order chi connectivity index (χ0) is 16.4. The summed E-state index contributed by atoms with van der Waals surface area (Å²) in [4.78, 5) is 14.6. The highest BCUT2D eigenvalue weighted by molar-refractivity contribution is 7.90. The highest BCUT2D eigenvalue weighted by atomic mass is 35.5. The maximum absolute atomic E-state index is 12.7. The molecule has 1 saturated heterocycles. The van der Waals surface area contributed by atoms with Crippen LogP contribution in [0.1, 0.15) is 36.0 Å². The van der Waals surface area contributed by atoms with Crippen molar-refractivity contribution in [3.05, 3.63) is 29.8 Å². The monoisotopic (exact) mass is 372 g/mol. The number of nitrogens with zero attached hydrogens (tertiary/aromatic N) is 1. The summed E-state index contributed by atoms with van der Waals surface area (Å²) in [5.41, 5.74) is 0.291. The maximum atomic E-state index is 12.7. The van der Waals surface area contributed by atoms with Gasteiger partial charge in [0.15, 0.2) is 9.84 Å². The first-order valence-corrected chi connectivity index (χ1v) is 10.2. The molecule has 0 aromatic heterocycles. The zero-order valence-electron chi connectivity index (χ0n) is 13.9. The number of hydrogen-bond donors (Lipinski definition) is 1. The summed E-state index contributed by atoms with van der Waals surface area (Å²) in [5, 5.41) is 3.58. The van der Waals surface area contributed by atoms with Crippen molar-refractivity contribution in [1.82, 2.24) is 10.2 Å². The van der Waals surface area contributed by atoms with Gasteiger partial charge in [0.1, 0.15) is 0 Å². The first kappa shape index (κ1) is 19.2. The molecular formula is C17H25ClN2O3S. The number of piperidine rings is 1. The molecule has 1 aliphatic heterocycles. The van der Waals surface area contributed by atoms with E-state index in [-0.39, 0.29) is 23.2 Å². The number of rotatable bonds is 5. The molecular weight excluding hydrogens is 348 g/mol. The van der Waals surface area contributed by atoms with E-state index >= 15 is 0 Å². The largest absolute Gasteiger partial charge is 0.338 e. The molecule has 1 aromatic rings. The highest BCUT2D eigenvalue weighted by Crippen LogP contribution is 2.28. The molecule has 1 N–H and O–H groups in total. The van der Waals surface area contributed by atoms with Crippen LogP contribution in [0.5, 0.6) is 0 Å². The summed E-state index contributed by atoms with van der Waals surface area (Å²) in [6.07, 6.45) is 5.69. The van der Waals surface area contributed by atoms with Gasteiger partial charge in [-0.05, 0) is 50.3 Å². The summed E-state index contributed by atoms with van der Waals surface area (Å²) < 4.78 is 23.7. The van der Waals surface area contributed by atoms with Gasteiger partial charge in [-0.2, -0.15) is 0 Å². The Morgan fingerprint density at radius 3 is 2.38 bits per heavy atom. The zero-order valence-corrected chi connectivity index (χ0v) is 15.5. The molecule has 0 radical (unpaired) electrons. The Morgan fingerprint density at radius 2 is 1.79 bits per heavy atom. The molecule has 0 unspecified atom stereocenters. The Balaban J connectivity index is 0.00000208. The number of nitrogens with one attached hydrogen (secondary N) is 1. The lowest BCUT2D eigenvalue weighted by Crippen LogP contribution is -2.45. The lowest BCUT2D eigenvalue weighted by atomic mass is 10.0. The maximum Gasteiger partial charge on any atom is 0.255 e. The fraction of sp³-hybridized carbons (Fsp3) is 0.588. The van der Waals surface area contributed by atoms with E-state index < -0.39 is 9.84 Å². The second kappa shape index (κ2) is 7.85. The first-order valence-electron chi connectivity index (χ1n) is 8.27. The summed E-state index contributed by atoms with van der Waals surface area (Å²) in [5.74, 6) is 0.683. The molecule has 1 heterocycles. The van der Waals surface area contributed by atoms with Crippen LogP contribution in [0.4, 0.5) is 0 Å². The van der Waals surface area contributed by atoms with Crippen LogP contribution in [0.25, 0.3) is 0 Å². The Morgan fingerprint density at radius 1 is 1.17 bits per heavy atom. The molecule has 1 amide bonds. The topological polar surface area (TPSA) is 66.5 Å². The molecule has 24 heavy (non-hydrogen) atoms. The van der Waals surface area contributed by atoms with Crippen LogP contribution >= 0.6 is 12.4 Å². The molecule has 5 nitrogen and oxygen atoms in total. The molecule has 2 fully saturated rings. The van der Waals surface area contributed by atoms with Gasteiger partial charge in [0.25, 0.3) is 5.91 Å². The van der Waals surface area contributed by atoms with Gasteiger partial charge in [-0.3, -0.25) is 4.79 Å². The van der Waals surface area contributed by atoms with Gasteiger partial charge in [-0.15, -0.1) is 12.4 Å². The highest BCUT2D eigenvalue weighted by Gasteiger charge is 2.28. The minimum Gasteiger partial charge on any atom is -0.338 e. The van der Waals surface area contributed by atoms with Crippen LogP contribution in [0.15, 0.2) is 29.2 Å². The van der Waals surface area contributed by atoms with E-state index in [1.165, 1.54) is 18.9 Å². The third-order valence-corrected chi connectivity index (χ3v) is 5.85. The summed E-state index contributed by atoms with van der Waals surface area (Å²) >= 11 is 0. The lowest BCUT2D eigenvalue weighted by Gasteiger charge is -2.33.